The molecule has 0 radical (unpaired) electrons. The van der Waals surface area contributed by atoms with Crippen molar-refractivity contribution in [1.29, 1.82) is 0 Å². The van der Waals surface area contributed by atoms with Crippen LogP contribution in [-0.4, -0.2) is 41.6 Å². The van der Waals surface area contributed by atoms with E-state index >= 15 is 0 Å². The quantitative estimate of drug-likeness (QED) is 0.490. The summed E-state index contributed by atoms with van der Waals surface area (Å²) in [5.74, 6) is -0.211. The molecule has 0 N–H and O–H groups in total. The van der Waals surface area contributed by atoms with Gasteiger partial charge in [0.2, 0.25) is 0 Å². The van der Waals surface area contributed by atoms with Gasteiger partial charge in [-0.1, -0.05) is 43.1 Å². The van der Waals surface area contributed by atoms with E-state index in [1.165, 1.54) is 18.9 Å². The Hall–Kier alpha value is -1.24. The maximum absolute atomic E-state index is 12.1. The first-order valence-electron chi connectivity index (χ1n) is 7.99. The van der Waals surface area contributed by atoms with Crippen molar-refractivity contribution in [3.05, 3.63) is 23.2 Å². The van der Waals surface area contributed by atoms with Crippen LogP contribution in [0, 0.1) is 0 Å². The zero-order valence-corrected chi connectivity index (χ0v) is 15.8. The van der Waals surface area contributed by atoms with Gasteiger partial charge in [0.25, 0.3) is 0 Å². The van der Waals surface area contributed by atoms with Crippen LogP contribution in [0.25, 0.3) is 11.0 Å². The third kappa shape index (κ3) is 4.65. The highest BCUT2D eigenvalue weighted by Crippen LogP contribution is 2.31. The standard InChI is InChI=1S/C17H23ClN2O3S/c1-4-5-6-15(16(21)23-3)24-17-19-13-11-12(18)7-8-14(13)20(17)9-10-22-2/h7-8,11,15H,4-6,9-10H2,1-3H3. The number of carbonyl (C=O) groups is 1. The molecule has 0 aliphatic rings. The highest BCUT2D eigenvalue weighted by atomic mass is 35.5. The lowest BCUT2D eigenvalue weighted by atomic mass is 10.2. The summed E-state index contributed by atoms with van der Waals surface area (Å²) < 4.78 is 12.2. The number of unbranched alkanes of at least 4 members (excludes halogenated alkanes) is 1. The number of hydrogen-bond acceptors (Lipinski definition) is 5. The van der Waals surface area contributed by atoms with Gasteiger partial charge in [-0.2, -0.15) is 0 Å². The van der Waals surface area contributed by atoms with Gasteiger partial charge in [0.15, 0.2) is 5.16 Å². The monoisotopic (exact) mass is 370 g/mol. The number of rotatable bonds is 9. The number of fused-ring (bicyclic) bond motifs is 1. The van der Waals surface area contributed by atoms with Crippen LogP contribution in [0.1, 0.15) is 26.2 Å². The van der Waals surface area contributed by atoms with Gasteiger partial charge in [-0.15, -0.1) is 0 Å². The van der Waals surface area contributed by atoms with Crippen molar-refractivity contribution >= 4 is 40.4 Å². The van der Waals surface area contributed by atoms with Gasteiger partial charge in [-0.05, 0) is 24.6 Å². The fourth-order valence-electron chi connectivity index (χ4n) is 2.44. The Balaban J connectivity index is 2.35. The number of methoxy groups -OCH3 is 2. The second kappa shape index (κ2) is 9.30. The fourth-order valence-corrected chi connectivity index (χ4v) is 3.81. The number of halogens is 1. The Morgan fingerprint density at radius 3 is 2.88 bits per heavy atom. The van der Waals surface area contributed by atoms with Crippen molar-refractivity contribution < 1.29 is 14.3 Å². The number of thioether (sulfide) groups is 1. The molecule has 0 fully saturated rings. The van der Waals surface area contributed by atoms with Gasteiger partial charge in [-0.25, -0.2) is 4.98 Å². The first-order valence-corrected chi connectivity index (χ1v) is 9.25. The molecule has 1 atom stereocenters. The van der Waals surface area contributed by atoms with E-state index in [-0.39, 0.29) is 11.2 Å². The van der Waals surface area contributed by atoms with Crippen LogP contribution in [0.5, 0.6) is 0 Å². The summed E-state index contributed by atoms with van der Waals surface area (Å²) in [6.45, 7) is 3.34. The molecule has 7 heteroatoms. The summed E-state index contributed by atoms with van der Waals surface area (Å²) in [6, 6.07) is 5.63. The van der Waals surface area contributed by atoms with Gasteiger partial charge in [0.05, 0.1) is 24.8 Å². The molecule has 0 saturated carbocycles. The normalized spacial score (nSPS) is 12.5. The van der Waals surface area contributed by atoms with Crippen LogP contribution in [0.4, 0.5) is 0 Å². The molecule has 0 aliphatic heterocycles. The molecular weight excluding hydrogens is 348 g/mol. The third-order valence-electron chi connectivity index (χ3n) is 3.73. The van der Waals surface area contributed by atoms with Gasteiger partial charge < -0.3 is 14.0 Å². The number of aromatic nitrogens is 2. The van der Waals surface area contributed by atoms with Gasteiger partial charge in [0, 0.05) is 18.7 Å². The van der Waals surface area contributed by atoms with E-state index in [9.17, 15) is 4.79 Å². The zero-order chi connectivity index (χ0) is 17.5. The molecule has 0 aliphatic carbocycles. The van der Waals surface area contributed by atoms with Crippen molar-refractivity contribution in [3.63, 3.8) is 0 Å². The van der Waals surface area contributed by atoms with Crippen molar-refractivity contribution in [3.8, 4) is 0 Å². The van der Waals surface area contributed by atoms with E-state index in [4.69, 9.17) is 21.1 Å². The molecule has 1 unspecified atom stereocenters. The molecular formula is C17H23ClN2O3S. The second-order valence-corrected chi connectivity index (χ2v) is 7.05. The molecule has 5 nitrogen and oxygen atoms in total. The molecule has 2 rings (SSSR count). The number of nitrogens with zero attached hydrogens (tertiary/aromatic N) is 2. The van der Waals surface area contributed by atoms with Crippen LogP contribution in [0.2, 0.25) is 5.02 Å². The summed E-state index contributed by atoms with van der Waals surface area (Å²) in [7, 11) is 3.09. The summed E-state index contributed by atoms with van der Waals surface area (Å²) in [5, 5.41) is 1.17. The number of esters is 1. The van der Waals surface area contributed by atoms with E-state index in [1.54, 1.807) is 7.11 Å². The number of imidazole rings is 1. The lowest BCUT2D eigenvalue weighted by Crippen LogP contribution is -2.20. The molecule has 1 aromatic carbocycles. The minimum Gasteiger partial charge on any atom is -0.468 e. The largest absolute Gasteiger partial charge is 0.468 e. The highest BCUT2D eigenvalue weighted by molar-refractivity contribution is 8.00. The van der Waals surface area contributed by atoms with E-state index in [2.05, 4.69) is 16.5 Å². The summed E-state index contributed by atoms with van der Waals surface area (Å²) in [6.07, 6.45) is 2.77. The van der Waals surface area contributed by atoms with Crippen molar-refractivity contribution in [1.82, 2.24) is 9.55 Å². The molecule has 2 aromatic rings. The third-order valence-corrected chi connectivity index (χ3v) is 5.20. The van der Waals surface area contributed by atoms with Crippen molar-refractivity contribution in [2.75, 3.05) is 20.8 Å². The van der Waals surface area contributed by atoms with E-state index in [0.717, 1.165) is 35.5 Å². The average molecular weight is 371 g/mol. The van der Waals surface area contributed by atoms with Crippen LogP contribution in [-0.2, 0) is 20.8 Å². The van der Waals surface area contributed by atoms with E-state index < -0.39 is 0 Å². The Morgan fingerprint density at radius 2 is 2.21 bits per heavy atom. The molecule has 0 saturated heterocycles. The van der Waals surface area contributed by atoms with Gasteiger partial charge in [-0.3, -0.25) is 4.79 Å². The predicted octanol–water partition coefficient (Wildman–Crippen LogP) is 4.16. The lowest BCUT2D eigenvalue weighted by molar-refractivity contribution is -0.140. The van der Waals surface area contributed by atoms with E-state index in [1.807, 2.05) is 18.2 Å². The number of carbonyl (C=O) groups excluding carboxylic acids is 1. The minimum absolute atomic E-state index is 0.211. The Labute approximate surface area is 151 Å². The van der Waals surface area contributed by atoms with Crippen molar-refractivity contribution in [2.24, 2.45) is 0 Å². The fraction of sp³-hybridized carbons (Fsp3) is 0.529. The van der Waals surface area contributed by atoms with Gasteiger partial charge >= 0.3 is 5.97 Å². The molecule has 1 aromatic heterocycles. The minimum atomic E-state index is -0.261. The van der Waals surface area contributed by atoms with Crippen LogP contribution >= 0.6 is 23.4 Å². The maximum Gasteiger partial charge on any atom is 0.319 e. The van der Waals surface area contributed by atoms with E-state index in [0.29, 0.717) is 18.2 Å². The number of ether oxygens (including phenoxy) is 2. The topological polar surface area (TPSA) is 53.4 Å². The molecule has 1 heterocycles. The van der Waals surface area contributed by atoms with Gasteiger partial charge in [0.1, 0.15) is 5.25 Å². The molecule has 0 amide bonds. The van der Waals surface area contributed by atoms with Crippen LogP contribution in [0.15, 0.2) is 23.4 Å². The summed E-state index contributed by atoms with van der Waals surface area (Å²) in [4.78, 5) is 16.8. The first kappa shape index (κ1) is 19.1. The Morgan fingerprint density at radius 1 is 1.42 bits per heavy atom. The number of hydrogen-bond donors (Lipinski definition) is 0. The molecule has 132 valence electrons. The lowest BCUT2D eigenvalue weighted by Gasteiger charge is -2.15. The highest BCUT2D eigenvalue weighted by Gasteiger charge is 2.23. The summed E-state index contributed by atoms with van der Waals surface area (Å²) >= 11 is 7.53. The first-order chi connectivity index (χ1) is 11.6. The van der Waals surface area contributed by atoms with Crippen LogP contribution in [0.3, 0.4) is 0 Å². The number of benzene rings is 1. The SMILES string of the molecule is CCCCC(Sc1nc2cc(Cl)ccc2n1CCOC)C(=O)OC. The Bertz CT molecular complexity index is 690. The molecule has 0 spiro atoms. The average Bonchev–Trinajstić information content (AvgIpc) is 2.92. The smallest absolute Gasteiger partial charge is 0.319 e. The Kier molecular flexibility index (Phi) is 7.40. The predicted molar refractivity (Wildman–Crippen MR) is 97.8 cm³/mol. The molecule has 24 heavy (non-hydrogen) atoms. The summed E-state index contributed by atoms with van der Waals surface area (Å²) in [5.41, 5.74) is 1.80. The van der Waals surface area contributed by atoms with Crippen LogP contribution < -0.4 is 0 Å². The maximum atomic E-state index is 12.1. The van der Waals surface area contributed by atoms with Crippen molar-refractivity contribution in [2.45, 2.75) is 43.1 Å². The second-order valence-electron chi connectivity index (χ2n) is 5.44. The molecule has 0 bridgehead atoms. The zero-order valence-electron chi connectivity index (χ0n) is 14.3.